The van der Waals surface area contributed by atoms with Crippen molar-refractivity contribution in [2.45, 2.75) is 18.9 Å². The highest BCUT2D eigenvalue weighted by Gasteiger charge is 2.20. The van der Waals surface area contributed by atoms with Gasteiger partial charge in [-0.3, -0.25) is 9.48 Å². The fourth-order valence-corrected chi connectivity index (χ4v) is 2.48. The van der Waals surface area contributed by atoms with Gasteiger partial charge >= 0.3 is 0 Å². The molecule has 1 amide bonds. The lowest BCUT2D eigenvalue weighted by molar-refractivity contribution is 0.0694. The number of carbonyl (C=O) groups is 1. The average Bonchev–Trinajstić information content (AvgIpc) is 2.78. The first-order valence-electron chi connectivity index (χ1n) is 6.56. The van der Waals surface area contributed by atoms with E-state index in [0.29, 0.717) is 18.9 Å². The summed E-state index contributed by atoms with van der Waals surface area (Å²) in [6, 6.07) is 7.97. The molecule has 0 saturated carbocycles. The molecule has 19 heavy (non-hydrogen) atoms. The maximum absolute atomic E-state index is 12.3. The second-order valence-corrected chi connectivity index (χ2v) is 4.85. The normalized spacial score (nSPS) is 16.7. The zero-order valence-corrected chi connectivity index (χ0v) is 10.9. The van der Waals surface area contributed by atoms with Gasteiger partial charge < -0.3 is 10.1 Å². The van der Waals surface area contributed by atoms with E-state index in [-0.39, 0.29) is 11.9 Å². The van der Waals surface area contributed by atoms with Crippen molar-refractivity contribution in [2.24, 2.45) is 7.05 Å². The van der Waals surface area contributed by atoms with Crippen molar-refractivity contribution in [1.29, 1.82) is 0 Å². The van der Waals surface area contributed by atoms with Crippen molar-refractivity contribution in [3.63, 3.8) is 0 Å². The Hall–Kier alpha value is -1.88. The minimum atomic E-state index is -0.0938. The van der Waals surface area contributed by atoms with E-state index in [0.717, 1.165) is 23.7 Å². The Morgan fingerprint density at radius 3 is 2.89 bits per heavy atom. The largest absolute Gasteiger partial charge is 0.381 e. The standard InChI is InChI=1S/C14H17N3O2/c1-17-12-5-3-2-4-11(12)13(16-17)14(18)15-10-6-8-19-9-7-10/h2-5,10H,6-9H2,1H3,(H,15,18). The van der Waals surface area contributed by atoms with Crippen LogP contribution in [0.15, 0.2) is 24.3 Å². The van der Waals surface area contributed by atoms with Crippen molar-refractivity contribution in [2.75, 3.05) is 13.2 Å². The van der Waals surface area contributed by atoms with Crippen LogP contribution in [0.1, 0.15) is 23.3 Å². The van der Waals surface area contributed by atoms with Crippen LogP contribution in [0.2, 0.25) is 0 Å². The third-order valence-corrected chi connectivity index (χ3v) is 3.53. The molecule has 0 spiro atoms. The summed E-state index contributed by atoms with van der Waals surface area (Å²) in [7, 11) is 1.85. The monoisotopic (exact) mass is 259 g/mol. The van der Waals surface area contributed by atoms with Gasteiger partial charge in [0.2, 0.25) is 0 Å². The topological polar surface area (TPSA) is 56.2 Å². The number of aromatic nitrogens is 2. The summed E-state index contributed by atoms with van der Waals surface area (Å²) in [5.74, 6) is -0.0938. The maximum atomic E-state index is 12.3. The summed E-state index contributed by atoms with van der Waals surface area (Å²) < 4.78 is 7.03. The van der Waals surface area contributed by atoms with Gasteiger partial charge in [-0.05, 0) is 18.9 Å². The fraction of sp³-hybridized carbons (Fsp3) is 0.429. The first-order chi connectivity index (χ1) is 9.25. The van der Waals surface area contributed by atoms with Gasteiger partial charge in [0.25, 0.3) is 5.91 Å². The van der Waals surface area contributed by atoms with Gasteiger partial charge in [0.15, 0.2) is 5.69 Å². The number of hydrogen-bond donors (Lipinski definition) is 1. The fourth-order valence-electron chi connectivity index (χ4n) is 2.48. The number of para-hydroxylation sites is 1. The molecule has 0 atom stereocenters. The lowest BCUT2D eigenvalue weighted by Crippen LogP contribution is -2.39. The van der Waals surface area contributed by atoms with Gasteiger partial charge in [0.1, 0.15) is 0 Å². The molecule has 0 unspecified atom stereocenters. The molecule has 0 aliphatic carbocycles. The number of amides is 1. The van der Waals surface area contributed by atoms with Gasteiger partial charge in [-0.15, -0.1) is 0 Å². The SMILES string of the molecule is Cn1nc(C(=O)NC2CCOCC2)c2ccccc21. The highest BCUT2D eigenvalue weighted by Crippen LogP contribution is 2.18. The van der Waals surface area contributed by atoms with Crippen LogP contribution in [0, 0.1) is 0 Å². The molecule has 1 saturated heterocycles. The molecule has 5 nitrogen and oxygen atoms in total. The molecule has 0 radical (unpaired) electrons. The van der Waals surface area contributed by atoms with Crippen molar-refractivity contribution in [1.82, 2.24) is 15.1 Å². The lowest BCUT2D eigenvalue weighted by Gasteiger charge is -2.22. The van der Waals surface area contributed by atoms with Crippen molar-refractivity contribution in [3.8, 4) is 0 Å². The Bertz CT molecular complexity index is 600. The highest BCUT2D eigenvalue weighted by atomic mass is 16.5. The van der Waals surface area contributed by atoms with E-state index in [4.69, 9.17) is 4.74 Å². The third kappa shape index (κ3) is 2.33. The number of rotatable bonds is 2. The van der Waals surface area contributed by atoms with Gasteiger partial charge in [0.05, 0.1) is 5.52 Å². The summed E-state index contributed by atoms with van der Waals surface area (Å²) in [4.78, 5) is 12.3. The second-order valence-electron chi connectivity index (χ2n) is 4.85. The number of fused-ring (bicyclic) bond motifs is 1. The predicted molar refractivity (Wildman–Crippen MR) is 72.0 cm³/mol. The van der Waals surface area contributed by atoms with Crippen LogP contribution < -0.4 is 5.32 Å². The molecule has 1 aliphatic rings. The van der Waals surface area contributed by atoms with E-state index < -0.39 is 0 Å². The Morgan fingerprint density at radius 1 is 1.37 bits per heavy atom. The van der Waals surface area contributed by atoms with Crippen molar-refractivity contribution < 1.29 is 9.53 Å². The first-order valence-corrected chi connectivity index (χ1v) is 6.56. The van der Waals surface area contributed by atoms with Gasteiger partial charge in [-0.2, -0.15) is 5.10 Å². The Morgan fingerprint density at radius 2 is 2.11 bits per heavy atom. The van der Waals surface area contributed by atoms with E-state index in [1.165, 1.54) is 0 Å². The number of aryl methyl sites for hydroxylation is 1. The molecule has 100 valence electrons. The van der Waals surface area contributed by atoms with Crippen molar-refractivity contribution in [3.05, 3.63) is 30.0 Å². The smallest absolute Gasteiger partial charge is 0.272 e. The molecule has 0 bridgehead atoms. The van der Waals surface area contributed by atoms with E-state index in [2.05, 4.69) is 10.4 Å². The van der Waals surface area contributed by atoms with Crippen LogP contribution in [0.5, 0.6) is 0 Å². The van der Waals surface area contributed by atoms with Crippen LogP contribution in [0.4, 0.5) is 0 Å². The minimum Gasteiger partial charge on any atom is -0.381 e. The summed E-state index contributed by atoms with van der Waals surface area (Å²) in [6.45, 7) is 1.43. The third-order valence-electron chi connectivity index (χ3n) is 3.53. The van der Waals surface area contributed by atoms with Crippen LogP contribution in [-0.4, -0.2) is 34.9 Å². The van der Waals surface area contributed by atoms with Gasteiger partial charge in [-0.25, -0.2) is 0 Å². The molecular formula is C14H17N3O2. The van der Waals surface area contributed by atoms with Crippen LogP contribution in [0.25, 0.3) is 10.9 Å². The second kappa shape index (κ2) is 5.01. The Kier molecular flexibility index (Phi) is 3.21. The summed E-state index contributed by atoms with van der Waals surface area (Å²) in [6.07, 6.45) is 1.74. The zero-order chi connectivity index (χ0) is 13.2. The number of nitrogens with zero attached hydrogens (tertiary/aromatic N) is 2. The summed E-state index contributed by atoms with van der Waals surface area (Å²) >= 11 is 0. The predicted octanol–water partition coefficient (Wildman–Crippen LogP) is 1.48. The quantitative estimate of drug-likeness (QED) is 0.888. The summed E-state index contributed by atoms with van der Waals surface area (Å²) in [5.41, 5.74) is 1.48. The van der Waals surface area contributed by atoms with E-state index >= 15 is 0 Å². The van der Waals surface area contributed by atoms with Gasteiger partial charge in [0, 0.05) is 31.7 Å². The van der Waals surface area contributed by atoms with Crippen LogP contribution >= 0.6 is 0 Å². The van der Waals surface area contributed by atoms with Crippen molar-refractivity contribution >= 4 is 16.8 Å². The average molecular weight is 259 g/mol. The Labute approximate surface area is 111 Å². The molecule has 1 N–H and O–H groups in total. The molecule has 2 heterocycles. The molecular weight excluding hydrogens is 242 g/mol. The van der Waals surface area contributed by atoms with Crippen LogP contribution in [-0.2, 0) is 11.8 Å². The molecule has 1 aromatic carbocycles. The molecule has 1 aromatic heterocycles. The number of hydrogen-bond acceptors (Lipinski definition) is 3. The lowest BCUT2D eigenvalue weighted by atomic mass is 10.1. The highest BCUT2D eigenvalue weighted by molar-refractivity contribution is 6.04. The number of nitrogens with one attached hydrogen (secondary N) is 1. The molecule has 1 fully saturated rings. The summed E-state index contributed by atoms with van der Waals surface area (Å²) in [5, 5.41) is 8.27. The number of benzene rings is 1. The molecule has 3 rings (SSSR count). The molecule has 1 aliphatic heterocycles. The van der Waals surface area contributed by atoms with Gasteiger partial charge in [-0.1, -0.05) is 18.2 Å². The first kappa shape index (κ1) is 12.2. The van der Waals surface area contributed by atoms with E-state index in [9.17, 15) is 4.79 Å². The number of ether oxygens (including phenoxy) is 1. The Balaban J connectivity index is 1.85. The molecule has 2 aromatic rings. The maximum Gasteiger partial charge on any atom is 0.272 e. The molecule has 5 heteroatoms. The zero-order valence-electron chi connectivity index (χ0n) is 10.9. The van der Waals surface area contributed by atoms with E-state index in [1.807, 2.05) is 31.3 Å². The number of carbonyl (C=O) groups excluding carboxylic acids is 1. The van der Waals surface area contributed by atoms with E-state index in [1.54, 1.807) is 4.68 Å². The van der Waals surface area contributed by atoms with Crippen LogP contribution in [0.3, 0.4) is 0 Å². The minimum absolute atomic E-state index is 0.0938.